The third kappa shape index (κ3) is 11.8. The molecule has 3 aromatic carbocycles. The van der Waals surface area contributed by atoms with Crippen LogP contribution in [0, 0.1) is 0 Å². The van der Waals surface area contributed by atoms with Gasteiger partial charge in [-0.05, 0) is 48.7 Å². The van der Waals surface area contributed by atoms with Crippen LogP contribution in [0.2, 0.25) is 0 Å². The molecule has 282 valence electrons. The highest BCUT2D eigenvalue weighted by Crippen LogP contribution is 2.44. The maximum Gasteiger partial charge on any atom is 0.351 e. The van der Waals surface area contributed by atoms with Crippen LogP contribution < -0.4 is 11.0 Å². The lowest BCUT2D eigenvalue weighted by molar-refractivity contribution is -0.142. The van der Waals surface area contributed by atoms with E-state index in [0.717, 1.165) is 38.7 Å². The number of ether oxygens (including phenoxy) is 4. The number of rotatable bonds is 21. The lowest BCUT2D eigenvalue weighted by Gasteiger charge is -2.24. The average Bonchev–Trinajstić information content (AvgIpc) is 3.42. The van der Waals surface area contributed by atoms with Crippen molar-refractivity contribution >= 4 is 17.8 Å². The minimum absolute atomic E-state index is 0.0492. The van der Waals surface area contributed by atoms with Gasteiger partial charge in [-0.2, -0.15) is 13.8 Å². The van der Waals surface area contributed by atoms with E-state index in [1.807, 2.05) is 18.2 Å². The van der Waals surface area contributed by atoms with Crippen molar-refractivity contribution in [2.45, 2.75) is 88.8 Å². The molecule has 3 atom stereocenters. The molecule has 1 aromatic heterocycles. The number of carbonyl (C=O) groups is 2. The number of benzene rings is 3. The molecule has 0 bridgehead atoms. The Morgan fingerprint density at radius 3 is 1.94 bits per heavy atom. The predicted octanol–water partition coefficient (Wildman–Crippen LogP) is 8.00. The Hall–Kier alpha value is -4.94. The van der Waals surface area contributed by atoms with Gasteiger partial charge in [-0.1, -0.05) is 112 Å². The second kappa shape index (κ2) is 20.3. The Kier molecular flexibility index (Phi) is 15.1. The van der Waals surface area contributed by atoms with Gasteiger partial charge in [-0.3, -0.25) is 4.57 Å². The molecule has 0 unspecified atom stereocenters. The van der Waals surface area contributed by atoms with Gasteiger partial charge in [0.15, 0.2) is 6.10 Å². The van der Waals surface area contributed by atoms with Crippen molar-refractivity contribution in [2.75, 3.05) is 25.1 Å². The first kappa shape index (κ1) is 39.3. The van der Waals surface area contributed by atoms with Crippen molar-refractivity contribution in [3.05, 3.63) is 130 Å². The maximum atomic E-state index is 16.0. The summed E-state index contributed by atoms with van der Waals surface area (Å²) in [6, 6.07) is 27.3. The van der Waals surface area contributed by atoms with Crippen LogP contribution >= 0.6 is 0 Å². The third-order valence-electron chi connectivity index (χ3n) is 8.95. The Bertz CT molecular complexity index is 1760. The van der Waals surface area contributed by atoms with Crippen molar-refractivity contribution in [3.8, 4) is 0 Å². The van der Waals surface area contributed by atoms with Crippen LogP contribution in [0.5, 0.6) is 0 Å². The summed E-state index contributed by atoms with van der Waals surface area (Å²) in [6.45, 7) is 1.37. The molecule has 1 aliphatic rings. The summed E-state index contributed by atoms with van der Waals surface area (Å²) < 4.78 is 54.5. The van der Waals surface area contributed by atoms with E-state index in [9.17, 15) is 14.4 Å². The Balaban J connectivity index is 1.05. The van der Waals surface area contributed by atoms with Gasteiger partial charge in [0.1, 0.15) is 18.5 Å². The Labute approximate surface area is 308 Å². The molecule has 12 heteroatoms. The number of nitrogens with one attached hydrogen (secondary N) is 1. The van der Waals surface area contributed by atoms with Gasteiger partial charge in [0, 0.05) is 19.3 Å². The summed E-state index contributed by atoms with van der Waals surface area (Å²) in [5.41, 5.74) is 0.480. The summed E-state index contributed by atoms with van der Waals surface area (Å²) in [5.74, 6) is -5.41. The molecule has 0 amide bonds. The van der Waals surface area contributed by atoms with E-state index in [2.05, 4.69) is 22.4 Å². The van der Waals surface area contributed by atoms with Crippen LogP contribution in [0.15, 0.2) is 108 Å². The zero-order chi connectivity index (χ0) is 37.3. The smallest absolute Gasteiger partial charge is 0.351 e. The van der Waals surface area contributed by atoms with Crippen LogP contribution in [0.25, 0.3) is 0 Å². The van der Waals surface area contributed by atoms with E-state index in [0.29, 0.717) is 17.7 Å². The predicted molar refractivity (Wildman–Crippen MR) is 196 cm³/mol. The van der Waals surface area contributed by atoms with Gasteiger partial charge in [-0.15, -0.1) is 0 Å². The number of unbranched alkanes of at least 4 members (excludes halogenated alkanes) is 8. The number of esters is 2. The van der Waals surface area contributed by atoms with E-state index in [1.165, 1.54) is 67.8 Å². The topological polar surface area (TPSA) is 118 Å². The average molecular weight is 732 g/mol. The number of anilines is 1. The van der Waals surface area contributed by atoms with Crippen LogP contribution in [-0.4, -0.2) is 59.4 Å². The Morgan fingerprint density at radius 1 is 0.755 bits per heavy atom. The fourth-order valence-electron chi connectivity index (χ4n) is 6.06. The van der Waals surface area contributed by atoms with Crippen molar-refractivity contribution < 1.29 is 37.3 Å². The minimum atomic E-state index is -3.88. The van der Waals surface area contributed by atoms with Crippen LogP contribution in [0.1, 0.15) is 90.3 Å². The van der Waals surface area contributed by atoms with Gasteiger partial charge < -0.3 is 24.3 Å². The standard InChI is InChI=1S/C41H47F2N3O7/c42-41(43)36(53-38(48)33-23-15-10-16-24-33)34(30-51-37(47)32-21-13-9-14-22-32)52-39(41)46-27-25-35(45-40(46)49)44-26-17-6-4-2-1-3-5-7-18-28-50-29-31-19-11-8-12-20-31/h8-16,19-25,27,34,36,39H,1-7,17-18,26,28-30H2,(H,44,45,49)/t34-,36-,39-/m1/s1. The zero-order valence-electron chi connectivity index (χ0n) is 29.7. The quantitative estimate of drug-likeness (QED) is 0.0672. The number of hydrogen-bond acceptors (Lipinski definition) is 9. The molecule has 1 saturated heterocycles. The zero-order valence-corrected chi connectivity index (χ0v) is 29.7. The number of hydrogen-bond donors (Lipinski definition) is 1. The number of halogens is 2. The van der Waals surface area contributed by atoms with Gasteiger partial charge in [-0.25, -0.2) is 14.4 Å². The molecule has 10 nitrogen and oxygen atoms in total. The van der Waals surface area contributed by atoms with E-state index in [1.54, 1.807) is 36.4 Å². The summed E-state index contributed by atoms with van der Waals surface area (Å²) in [6.07, 6.45) is 5.22. The van der Waals surface area contributed by atoms with E-state index >= 15 is 8.78 Å². The van der Waals surface area contributed by atoms with Crippen molar-refractivity contribution in [1.29, 1.82) is 0 Å². The lowest BCUT2D eigenvalue weighted by Crippen LogP contribution is -2.44. The first-order valence-corrected chi connectivity index (χ1v) is 18.3. The minimum Gasteiger partial charge on any atom is -0.459 e. The van der Waals surface area contributed by atoms with E-state index in [4.69, 9.17) is 18.9 Å². The van der Waals surface area contributed by atoms with Gasteiger partial charge in [0.2, 0.25) is 6.23 Å². The van der Waals surface area contributed by atoms with Crippen molar-refractivity contribution in [1.82, 2.24) is 9.55 Å². The number of nitrogens with zero attached hydrogens (tertiary/aromatic N) is 2. The normalized spacial score (nSPS) is 17.7. The van der Waals surface area contributed by atoms with E-state index < -0.39 is 48.6 Å². The molecular formula is C41H47F2N3O7. The molecule has 1 N–H and O–H groups in total. The Morgan fingerprint density at radius 2 is 1.32 bits per heavy atom. The maximum absolute atomic E-state index is 16.0. The summed E-state index contributed by atoms with van der Waals surface area (Å²) in [4.78, 5) is 42.4. The first-order valence-electron chi connectivity index (χ1n) is 18.3. The second-order valence-electron chi connectivity index (χ2n) is 13.0. The van der Waals surface area contributed by atoms with Crippen LogP contribution in [0.3, 0.4) is 0 Å². The molecule has 2 heterocycles. The SMILES string of the molecule is O=C(OC[C@H]1O[C@@H](n2ccc(NCCCCCCCCCCCOCc3ccccc3)nc2=O)C(F)(F)[C@@H]1OC(=O)c1ccccc1)c1ccccc1. The molecule has 0 saturated carbocycles. The summed E-state index contributed by atoms with van der Waals surface area (Å²) in [7, 11) is 0. The monoisotopic (exact) mass is 731 g/mol. The molecule has 1 fully saturated rings. The highest BCUT2D eigenvalue weighted by molar-refractivity contribution is 5.90. The molecule has 1 aliphatic heterocycles. The molecule has 4 aromatic rings. The molecule has 0 spiro atoms. The molecular weight excluding hydrogens is 684 g/mol. The van der Waals surface area contributed by atoms with Gasteiger partial charge in [0.05, 0.1) is 17.7 Å². The van der Waals surface area contributed by atoms with Crippen molar-refractivity contribution in [3.63, 3.8) is 0 Å². The highest BCUT2D eigenvalue weighted by Gasteiger charge is 2.63. The van der Waals surface area contributed by atoms with E-state index in [-0.39, 0.29) is 16.9 Å². The number of alkyl halides is 2. The van der Waals surface area contributed by atoms with Crippen molar-refractivity contribution in [2.24, 2.45) is 0 Å². The summed E-state index contributed by atoms with van der Waals surface area (Å²) >= 11 is 0. The second-order valence-corrected chi connectivity index (χ2v) is 13.0. The molecule has 53 heavy (non-hydrogen) atoms. The molecule has 0 aliphatic carbocycles. The van der Waals surface area contributed by atoms with Crippen LogP contribution in [-0.2, 0) is 25.6 Å². The largest absolute Gasteiger partial charge is 0.459 e. The molecule has 0 radical (unpaired) electrons. The number of carbonyl (C=O) groups excluding carboxylic acids is 2. The lowest BCUT2D eigenvalue weighted by atomic mass is 10.1. The van der Waals surface area contributed by atoms with Gasteiger partial charge in [0.25, 0.3) is 0 Å². The fraction of sp³-hybridized carbons (Fsp3) is 0.415. The van der Waals surface area contributed by atoms with Gasteiger partial charge >= 0.3 is 23.6 Å². The summed E-state index contributed by atoms with van der Waals surface area (Å²) in [5, 5.41) is 3.09. The third-order valence-corrected chi connectivity index (χ3v) is 8.95. The number of aromatic nitrogens is 2. The fourth-order valence-corrected chi connectivity index (χ4v) is 6.06. The first-order chi connectivity index (χ1) is 25.8. The highest BCUT2D eigenvalue weighted by atomic mass is 19.3. The van der Waals surface area contributed by atoms with Crippen LogP contribution in [0.4, 0.5) is 14.6 Å². The molecule has 5 rings (SSSR count).